The fourth-order valence-corrected chi connectivity index (χ4v) is 4.95. The molecule has 5 rings (SSSR count). The van der Waals surface area contributed by atoms with Crippen LogP contribution in [0.1, 0.15) is 27.4 Å². The Labute approximate surface area is 184 Å². The van der Waals surface area contributed by atoms with E-state index in [0.717, 1.165) is 11.3 Å². The van der Waals surface area contributed by atoms with Gasteiger partial charge in [-0.1, -0.05) is 36.4 Å². The number of nitriles is 2. The van der Waals surface area contributed by atoms with Gasteiger partial charge in [0.2, 0.25) is 0 Å². The molecular weight excluding hydrogens is 403 g/mol. The van der Waals surface area contributed by atoms with E-state index in [9.17, 15) is 19.7 Å². The zero-order valence-electron chi connectivity index (χ0n) is 16.9. The fraction of sp³-hybridized carbons (Fsp3) is 0.154. The molecule has 0 radical (unpaired) electrons. The monoisotopic (exact) mass is 420 g/mol. The molecule has 2 aliphatic heterocycles. The second-order valence-electron chi connectivity index (χ2n) is 7.94. The number of halogens is 1. The van der Waals surface area contributed by atoms with E-state index in [4.69, 9.17) is 0 Å². The third-order valence-electron chi connectivity index (χ3n) is 6.36. The summed E-state index contributed by atoms with van der Waals surface area (Å²) in [7, 11) is 0. The van der Waals surface area contributed by atoms with Gasteiger partial charge in [-0.2, -0.15) is 10.5 Å². The molecule has 0 bridgehead atoms. The molecule has 0 aliphatic carbocycles. The predicted octanol–water partition coefficient (Wildman–Crippen LogP) is 4.50. The van der Waals surface area contributed by atoms with Crippen LogP contribution in [0.25, 0.3) is 6.08 Å². The summed E-state index contributed by atoms with van der Waals surface area (Å²) in [6.07, 6.45) is 6.94. The van der Waals surface area contributed by atoms with Crippen LogP contribution in [-0.4, -0.2) is 22.9 Å². The Bertz CT molecular complexity index is 1290. The zero-order chi connectivity index (χ0) is 22.3. The van der Waals surface area contributed by atoms with Crippen LogP contribution in [0.5, 0.6) is 0 Å². The Balaban J connectivity index is 1.78. The molecule has 0 spiro atoms. The maximum absolute atomic E-state index is 13.9. The van der Waals surface area contributed by atoms with Crippen molar-refractivity contribution in [1.82, 2.24) is 4.98 Å². The largest absolute Gasteiger partial charge is 0.351 e. The van der Waals surface area contributed by atoms with Crippen molar-refractivity contribution in [2.45, 2.75) is 18.0 Å². The van der Waals surface area contributed by atoms with Crippen LogP contribution >= 0.6 is 0 Å². The maximum atomic E-state index is 13.9. The summed E-state index contributed by atoms with van der Waals surface area (Å²) in [5.74, 6) is -1.48. The molecule has 3 aromatic rings. The van der Waals surface area contributed by atoms with Crippen molar-refractivity contribution in [3.8, 4) is 12.1 Å². The lowest BCUT2D eigenvalue weighted by atomic mass is 9.69. The number of nitrogens with zero attached hydrogens (tertiary/aromatic N) is 4. The average molecular weight is 420 g/mol. The van der Waals surface area contributed by atoms with Crippen molar-refractivity contribution < 1.29 is 9.18 Å². The number of hydrogen-bond acceptors (Lipinski definition) is 5. The Morgan fingerprint density at radius 1 is 1.03 bits per heavy atom. The summed E-state index contributed by atoms with van der Waals surface area (Å²) < 4.78 is 13.5. The highest BCUT2D eigenvalue weighted by molar-refractivity contribution is 6.04. The highest BCUT2D eigenvalue weighted by Gasteiger charge is 2.63. The molecule has 1 aromatic heterocycles. The average Bonchev–Trinajstić information content (AvgIpc) is 3.15. The van der Waals surface area contributed by atoms with E-state index in [1.54, 1.807) is 24.5 Å². The van der Waals surface area contributed by atoms with Crippen LogP contribution in [0.15, 0.2) is 79.1 Å². The minimum atomic E-state index is -1.52. The Morgan fingerprint density at radius 2 is 1.78 bits per heavy atom. The fourth-order valence-electron chi connectivity index (χ4n) is 4.95. The molecule has 0 amide bonds. The topological polar surface area (TPSA) is 80.8 Å². The lowest BCUT2D eigenvalue weighted by molar-refractivity contribution is 0.0951. The minimum Gasteiger partial charge on any atom is -0.351 e. The molecule has 5 nitrogen and oxygen atoms in total. The van der Waals surface area contributed by atoms with E-state index in [2.05, 4.69) is 17.1 Å². The quantitative estimate of drug-likeness (QED) is 0.583. The number of carbonyl (C=O) groups excluding carboxylic acids is 1. The van der Waals surface area contributed by atoms with Gasteiger partial charge < -0.3 is 4.90 Å². The van der Waals surface area contributed by atoms with Crippen molar-refractivity contribution >= 4 is 17.5 Å². The first-order valence-corrected chi connectivity index (χ1v) is 10.2. The molecule has 6 heteroatoms. The number of aromatic nitrogens is 1. The first-order valence-electron chi connectivity index (χ1n) is 10.2. The van der Waals surface area contributed by atoms with Crippen molar-refractivity contribution in [2.75, 3.05) is 4.90 Å². The van der Waals surface area contributed by atoms with Gasteiger partial charge in [-0.3, -0.25) is 9.78 Å². The second kappa shape index (κ2) is 7.44. The molecule has 3 heterocycles. The Kier molecular flexibility index (Phi) is 4.57. The smallest absolute Gasteiger partial charge is 0.185 e. The SMILES string of the molecule is N#CC1(C#N)[C@H](c2cccnc2)[C@@H](C(=O)c2ccc(F)cc2)N2c3ccccc3C=C[C@@H]21. The number of ketones is 1. The van der Waals surface area contributed by atoms with Gasteiger partial charge in [0.1, 0.15) is 11.9 Å². The van der Waals surface area contributed by atoms with Gasteiger partial charge in [0, 0.05) is 29.6 Å². The van der Waals surface area contributed by atoms with E-state index in [-0.39, 0.29) is 5.78 Å². The van der Waals surface area contributed by atoms with Crippen molar-refractivity contribution in [2.24, 2.45) is 5.41 Å². The zero-order valence-corrected chi connectivity index (χ0v) is 16.9. The highest BCUT2D eigenvalue weighted by atomic mass is 19.1. The molecule has 2 aliphatic rings. The number of pyridine rings is 1. The third-order valence-corrected chi connectivity index (χ3v) is 6.36. The Hall–Kier alpha value is -4.29. The van der Waals surface area contributed by atoms with Gasteiger partial charge in [0.05, 0.1) is 18.2 Å². The van der Waals surface area contributed by atoms with E-state index in [0.29, 0.717) is 11.1 Å². The van der Waals surface area contributed by atoms with E-state index >= 15 is 0 Å². The van der Waals surface area contributed by atoms with Gasteiger partial charge in [-0.15, -0.1) is 0 Å². The normalized spacial score (nSPS) is 22.3. The second-order valence-corrected chi connectivity index (χ2v) is 7.94. The number of para-hydroxylation sites is 1. The number of carbonyl (C=O) groups is 1. The van der Waals surface area contributed by atoms with Crippen LogP contribution < -0.4 is 4.90 Å². The van der Waals surface area contributed by atoms with Crippen LogP contribution in [0.3, 0.4) is 0 Å². The summed E-state index contributed by atoms with van der Waals surface area (Å²) in [4.78, 5) is 20.0. The van der Waals surface area contributed by atoms with Crippen molar-refractivity contribution in [3.63, 3.8) is 0 Å². The van der Waals surface area contributed by atoms with Gasteiger partial charge in [0.15, 0.2) is 11.2 Å². The van der Waals surface area contributed by atoms with Gasteiger partial charge >= 0.3 is 0 Å². The standard InChI is InChI=1S/C26H17FN4O/c27-20-10-7-18(8-11-20)25(32)24-23(19-5-3-13-30-14-19)26(15-28,16-29)22-12-9-17-4-1-2-6-21(17)31(22)24/h1-14,22-24H/t22-,23-,24+/m1/s1. The van der Waals surface area contributed by atoms with Crippen LogP contribution in [0, 0.1) is 33.9 Å². The summed E-state index contributed by atoms with van der Waals surface area (Å²) in [6.45, 7) is 0. The molecular formula is C26H17FN4O. The van der Waals surface area contributed by atoms with E-state index in [1.807, 2.05) is 41.3 Å². The summed E-state index contributed by atoms with van der Waals surface area (Å²) in [5.41, 5.74) is 1.12. The van der Waals surface area contributed by atoms with Crippen LogP contribution in [-0.2, 0) is 0 Å². The molecule has 1 fully saturated rings. The number of rotatable bonds is 3. The van der Waals surface area contributed by atoms with Gasteiger partial charge in [-0.05, 0) is 47.5 Å². The predicted molar refractivity (Wildman–Crippen MR) is 117 cm³/mol. The number of hydrogen-bond donors (Lipinski definition) is 0. The molecule has 1 saturated heterocycles. The van der Waals surface area contributed by atoms with E-state index in [1.165, 1.54) is 24.3 Å². The first-order chi connectivity index (χ1) is 15.6. The van der Waals surface area contributed by atoms with Crippen molar-refractivity contribution in [1.29, 1.82) is 10.5 Å². The molecule has 3 atom stereocenters. The lowest BCUT2D eigenvalue weighted by Crippen LogP contribution is -2.44. The van der Waals surface area contributed by atoms with Crippen LogP contribution in [0.4, 0.5) is 10.1 Å². The summed E-state index contributed by atoms with van der Waals surface area (Å²) in [5, 5.41) is 20.7. The molecule has 32 heavy (non-hydrogen) atoms. The third kappa shape index (κ3) is 2.74. The molecule has 154 valence electrons. The molecule has 2 aromatic carbocycles. The highest BCUT2D eigenvalue weighted by Crippen LogP contribution is 2.55. The number of benzene rings is 2. The maximum Gasteiger partial charge on any atom is 0.185 e. The van der Waals surface area contributed by atoms with Gasteiger partial charge in [-0.25, -0.2) is 4.39 Å². The number of fused-ring (bicyclic) bond motifs is 3. The number of anilines is 1. The molecule has 0 saturated carbocycles. The van der Waals surface area contributed by atoms with Crippen molar-refractivity contribution in [3.05, 3.63) is 102 Å². The van der Waals surface area contributed by atoms with Crippen LogP contribution in [0.2, 0.25) is 0 Å². The van der Waals surface area contributed by atoms with E-state index < -0.39 is 29.2 Å². The summed E-state index contributed by atoms with van der Waals surface area (Å²) in [6, 6.07) is 19.5. The Morgan fingerprint density at radius 3 is 2.47 bits per heavy atom. The lowest BCUT2D eigenvalue weighted by Gasteiger charge is -2.35. The molecule has 0 unspecified atom stereocenters. The first kappa shape index (κ1) is 19.7. The summed E-state index contributed by atoms with van der Waals surface area (Å²) >= 11 is 0. The van der Waals surface area contributed by atoms with Gasteiger partial charge in [0.25, 0.3) is 0 Å². The molecule has 0 N–H and O–H groups in total. The number of Topliss-reactive ketones (excluding diaryl/α,β-unsaturated/α-hetero) is 1. The minimum absolute atomic E-state index is 0.277.